The van der Waals surface area contributed by atoms with Crippen molar-refractivity contribution in [2.75, 3.05) is 0 Å². The molecule has 0 saturated heterocycles. The Labute approximate surface area is 120 Å². The molecule has 3 heterocycles. The largest absolute Gasteiger partial charge is 0.419 e. The summed E-state index contributed by atoms with van der Waals surface area (Å²) in [7, 11) is 0. The smallest absolute Gasteiger partial charge is 0.336 e. The van der Waals surface area contributed by atoms with E-state index in [0.29, 0.717) is 18.7 Å². The van der Waals surface area contributed by atoms with E-state index in [1.807, 2.05) is 0 Å². The fraction of sp³-hybridized carbons (Fsp3) is 0.364. The fourth-order valence-electron chi connectivity index (χ4n) is 2.18. The van der Waals surface area contributed by atoms with Crippen LogP contribution in [0.3, 0.4) is 0 Å². The second kappa shape index (κ2) is 4.15. The van der Waals surface area contributed by atoms with Gasteiger partial charge in [-0.05, 0) is 12.8 Å². The molecule has 22 heavy (non-hydrogen) atoms. The first-order valence-corrected chi connectivity index (χ1v) is 6.31. The van der Waals surface area contributed by atoms with E-state index in [4.69, 9.17) is 4.52 Å². The standard InChI is InChI=1S/C11H8F3N7O/c12-11(13,14)6-3-17-21(4-6)10(1-2-10)9-18-8(20-22-9)7-15-5-16-19-7/h3-5H,1-2H2,(H,15,16,19). The van der Waals surface area contributed by atoms with Gasteiger partial charge < -0.3 is 4.52 Å². The Morgan fingerprint density at radius 1 is 1.32 bits per heavy atom. The first kappa shape index (κ1) is 13.0. The first-order chi connectivity index (χ1) is 10.5. The Kier molecular flexibility index (Phi) is 2.45. The van der Waals surface area contributed by atoms with Gasteiger partial charge in [0.25, 0.3) is 5.89 Å². The minimum Gasteiger partial charge on any atom is -0.336 e. The van der Waals surface area contributed by atoms with Gasteiger partial charge in [0, 0.05) is 6.20 Å². The summed E-state index contributed by atoms with van der Waals surface area (Å²) in [5.74, 6) is 0.722. The number of nitrogens with one attached hydrogen (secondary N) is 1. The third-order valence-electron chi connectivity index (χ3n) is 3.52. The summed E-state index contributed by atoms with van der Waals surface area (Å²) in [5, 5.41) is 13.8. The number of H-pyrrole nitrogens is 1. The summed E-state index contributed by atoms with van der Waals surface area (Å²) in [4.78, 5) is 8.07. The van der Waals surface area contributed by atoms with Gasteiger partial charge in [-0.1, -0.05) is 5.16 Å². The molecule has 3 aromatic heterocycles. The van der Waals surface area contributed by atoms with Crippen molar-refractivity contribution in [2.45, 2.75) is 24.6 Å². The lowest BCUT2D eigenvalue weighted by molar-refractivity contribution is -0.137. The number of hydrogen-bond donors (Lipinski definition) is 1. The summed E-state index contributed by atoms with van der Waals surface area (Å²) >= 11 is 0. The zero-order valence-electron chi connectivity index (χ0n) is 10.9. The monoisotopic (exact) mass is 311 g/mol. The van der Waals surface area contributed by atoms with Crippen molar-refractivity contribution in [1.29, 1.82) is 0 Å². The normalized spacial score (nSPS) is 16.9. The van der Waals surface area contributed by atoms with Crippen LogP contribution in [0.2, 0.25) is 0 Å². The summed E-state index contributed by atoms with van der Waals surface area (Å²) in [6, 6.07) is 0. The maximum absolute atomic E-state index is 12.7. The third-order valence-corrected chi connectivity index (χ3v) is 3.52. The molecule has 8 nitrogen and oxygen atoms in total. The van der Waals surface area contributed by atoms with Crippen LogP contribution < -0.4 is 0 Å². The molecule has 1 aliphatic carbocycles. The van der Waals surface area contributed by atoms with Gasteiger partial charge in [0.1, 0.15) is 11.9 Å². The third kappa shape index (κ3) is 1.89. The molecule has 0 bridgehead atoms. The molecule has 1 fully saturated rings. The van der Waals surface area contributed by atoms with E-state index in [1.54, 1.807) is 0 Å². The molecule has 114 valence electrons. The number of halogens is 3. The van der Waals surface area contributed by atoms with E-state index in [0.717, 1.165) is 12.4 Å². The van der Waals surface area contributed by atoms with Gasteiger partial charge in [0.2, 0.25) is 5.82 Å². The zero-order valence-corrected chi connectivity index (χ0v) is 10.9. The van der Waals surface area contributed by atoms with Gasteiger partial charge in [0.15, 0.2) is 5.82 Å². The number of alkyl halides is 3. The van der Waals surface area contributed by atoms with Crippen LogP contribution in [0.25, 0.3) is 11.6 Å². The Morgan fingerprint density at radius 3 is 2.73 bits per heavy atom. The number of nitrogens with zero attached hydrogens (tertiary/aromatic N) is 6. The zero-order chi connectivity index (χ0) is 15.4. The van der Waals surface area contributed by atoms with E-state index in [-0.39, 0.29) is 11.7 Å². The molecule has 4 rings (SSSR count). The lowest BCUT2D eigenvalue weighted by Crippen LogP contribution is -2.19. The van der Waals surface area contributed by atoms with Crippen LogP contribution in [0.15, 0.2) is 23.2 Å². The number of hydrogen-bond acceptors (Lipinski definition) is 6. The second-order valence-electron chi connectivity index (χ2n) is 4.96. The highest BCUT2D eigenvalue weighted by atomic mass is 19.4. The van der Waals surface area contributed by atoms with Crippen LogP contribution in [0.4, 0.5) is 13.2 Å². The molecule has 0 spiro atoms. The van der Waals surface area contributed by atoms with Gasteiger partial charge in [-0.2, -0.15) is 28.4 Å². The van der Waals surface area contributed by atoms with Crippen LogP contribution in [0.5, 0.6) is 0 Å². The predicted molar refractivity (Wildman–Crippen MR) is 63.2 cm³/mol. The van der Waals surface area contributed by atoms with Crippen molar-refractivity contribution in [2.24, 2.45) is 0 Å². The fourth-order valence-corrected chi connectivity index (χ4v) is 2.18. The van der Waals surface area contributed by atoms with E-state index in [9.17, 15) is 13.2 Å². The van der Waals surface area contributed by atoms with Crippen LogP contribution >= 0.6 is 0 Å². The van der Waals surface area contributed by atoms with Crippen molar-refractivity contribution >= 4 is 0 Å². The highest BCUT2D eigenvalue weighted by Crippen LogP contribution is 2.49. The molecule has 3 aromatic rings. The number of aromatic nitrogens is 7. The van der Waals surface area contributed by atoms with Crippen molar-refractivity contribution in [1.82, 2.24) is 35.1 Å². The Hall–Kier alpha value is -2.72. The van der Waals surface area contributed by atoms with E-state index in [2.05, 4.69) is 30.4 Å². The molecular formula is C11H8F3N7O. The lowest BCUT2D eigenvalue weighted by Gasteiger charge is -2.10. The lowest BCUT2D eigenvalue weighted by atomic mass is 10.2. The SMILES string of the molecule is FC(F)(F)c1cnn(C2(c3nc(-c4ncn[nH]4)no3)CC2)c1. The highest BCUT2D eigenvalue weighted by Gasteiger charge is 2.53. The number of aromatic amines is 1. The molecule has 0 unspecified atom stereocenters. The molecule has 0 radical (unpaired) electrons. The molecule has 0 amide bonds. The molecule has 11 heteroatoms. The quantitative estimate of drug-likeness (QED) is 0.789. The average molecular weight is 311 g/mol. The molecular weight excluding hydrogens is 303 g/mol. The summed E-state index contributed by atoms with van der Waals surface area (Å²) in [5.41, 5.74) is -1.62. The second-order valence-corrected chi connectivity index (χ2v) is 4.96. The molecule has 0 aromatic carbocycles. The molecule has 1 saturated carbocycles. The van der Waals surface area contributed by atoms with Crippen LogP contribution in [-0.4, -0.2) is 35.1 Å². The maximum Gasteiger partial charge on any atom is 0.419 e. The van der Waals surface area contributed by atoms with Crippen molar-refractivity contribution in [3.63, 3.8) is 0 Å². The minimum atomic E-state index is -4.44. The molecule has 0 atom stereocenters. The van der Waals surface area contributed by atoms with E-state index in [1.165, 1.54) is 11.0 Å². The van der Waals surface area contributed by atoms with Gasteiger partial charge in [0.05, 0.1) is 11.8 Å². The Balaban J connectivity index is 1.69. The molecule has 1 aliphatic rings. The molecule has 1 N–H and O–H groups in total. The summed E-state index contributed by atoms with van der Waals surface area (Å²) < 4.78 is 44.4. The highest BCUT2D eigenvalue weighted by molar-refractivity contribution is 5.40. The van der Waals surface area contributed by atoms with Gasteiger partial charge in [-0.25, -0.2) is 4.98 Å². The van der Waals surface area contributed by atoms with Crippen LogP contribution in [0.1, 0.15) is 24.3 Å². The van der Waals surface area contributed by atoms with Crippen molar-refractivity contribution in [3.05, 3.63) is 30.2 Å². The van der Waals surface area contributed by atoms with Crippen molar-refractivity contribution in [3.8, 4) is 11.6 Å². The molecule has 0 aliphatic heterocycles. The minimum absolute atomic E-state index is 0.196. The van der Waals surface area contributed by atoms with E-state index < -0.39 is 17.3 Å². The van der Waals surface area contributed by atoms with Gasteiger partial charge in [-0.3, -0.25) is 9.78 Å². The topological polar surface area (TPSA) is 98.3 Å². The maximum atomic E-state index is 12.7. The Bertz CT molecular complexity index is 800. The predicted octanol–water partition coefficient (Wildman–Crippen LogP) is 1.61. The van der Waals surface area contributed by atoms with E-state index >= 15 is 0 Å². The van der Waals surface area contributed by atoms with Crippen molar-refractivity contribution < 1.29 is 17.7 Å². The van der Waals surface area contributed by atoms with Crippen LogP contribution in [-0.2, 0) is 11.7 Å². The first-order valence-electron chi connectivity index (χ1n) is 6.31. The average Bonchev–Trinajstić information content (AvgIpc) is 3.01. The summed E-state index contributed by atoms with van der Waals surface area (Å²) in [6.07, 6.45) is -0.261. The summed E-state index contributed by atoms with van der Waals surface area (Å²) in [6.45, 7) is 0. The number of rotatable bonds is 3. The van der Waals surface area contributed by atoms with Gasteiger partial charge in [-0.15, -0.1) is 0 Å². The van der Waals surface area contributed by atoms with Gasteiger partial charge >= 0.3 is 6.18 Å². The Morgan fingerprint density at radius 2 is 2.14 bits per heavy atom. The van der Waals surface area contributed by atoms with Crippen LogP contribution in [0, 0.1) is 0 Å².